The Morgan fingerprint density at radius 3 is 2.76 bits per heavy atom. The smallest absolute Gasteiger partial charge is 0.338 e. The number of rotatable bonds is 5. The van der Waals surface area contributed by atoms with Crippen LogP contribution < -0.4 is 11.2 Å². The highest BCUT2D eigenvalue weighted by atomic mass is 79.9. The van der Waals surface area contributed by atoms with Crippen molar-refractivity contribution in [1.29, 1.82) is 10.7 Å². The fraction of sp³-hybridized carbons (Fsp3) is 0.231. The van der Waals surface area contributed by atoms with Gasteiger partial charge in [-0.25, -0.2) is 4.79 Å². The number of hydrogen-bond donors (Lipinski definition) is 3. The van der Waals surface area contributed by atoms with Crippen molar-refractivity contribution in [3.05, 3.63) is 27.7 Å². The number of esters is 1. The van der Waals surface area contributed by atoms with Gasteiger partial charge in [0.25, 0.3) is 0 Å². The number of amidine groups is 1. The molecule has 7 nitrogen and oxygen atoms in total. The Morgan fingerprint density at radius 2 is 2.29 bits per heavy atom. The van der Waals surface area contributed by atoms with Gasteiger partial charge in [0.15, 0.2) is 5.84 Å². The van der Waals surface area contributed by atoms with E-state index in [-0.39, 0.29) is 5.71 Å². The zero-order valence-corrected chi connectivity index (χ0v) is 13.1. The normalized spacial score (nSPS) is 10.7. The molecule has 0 spiro atoms. The molecule has 4 N–H and O–H groups in total. The number of carbonyl (C=O) groups is 1. The number of nitriles is 1. The lowest BCUT2D eigenvalue weighted by Crippen LogP contribution is -2.22. The Hall–Kier alpha value is -2.40. The Balaban J connectivity index is 3.09. The number of nitrogens with two attached hydrogens (primary N) is 1. The molecule has 0 amide bonds. The summed E-state index contributed by atoms with van der Waals surface area (Å²) in [5.41, 5.74) is 9.32. The maximum atomic E-state index is 11.7. The molecule has 110 valence electrons. The molecule has 1 aromatic rings. The van der Waals surface area contributed by atoms with E-state index in [1.807, 2.05) is 0 Å². The Labute approximate surface area is 130 Å². The van der Waals surface area contributed by atoms with Crippen LogP contribution in [0, 0.1) is 23.7 Å². The van der Waals surface area contributed by atoms with Crippen molar-refractivity contribution in [3.8, 4) is 6.07 Å². The quantitative estimate of drug-likeness (QED) is 0.324. The van der Waals surface area contributed by atoms with Crippen LogP contribution in [0.2, 0.25) is 0 Å². The Kier molecular flexibility index (Phi) is 5.87. The predicted octanol–water partition coefficient (Wildman–Crippen LogP) is 2.16. The van der Waals surface area contributed by atoms with E-state index < -0.39 is 11.8 Å². The molecule has 0 aliphatic heterocycles. The van der Waals surface area contributed by atoms with Gasteiger partial charge in [0.1, 0.15) is 6.07 Å². The van der Waals surface area contributed by atoms with E-state index in [0.717, 1.165) is 5.56 Å². The third-order valence-electron chi connectivity index (χ3n) is 2.44. The van der Waals surface area contributed by atoms with Gasteiger partial charge in [0.05, 0.1) is 17.9 Å². The summed E-state index contributed by atoms with van der Waals surface area (Å²) < 4.78 is 5.51. The number of carbonyl (C=O) groups excluding carboxylic acids is 1. The first-order valence-electron chi connectivity index (χ1n) is 5.96. The van der Waals surface area contributed by atoms with Crippen LogP contribution in [-0.2, 0) is 4.74 Å². The molecule has 0 bridgehead atoms. The minimum Gasteiger partial charge on any atom is -0.462 e. The van der Waals surface area contributed by atoms with Crippen molar-refractivity contribution in [2.24, 2.45) is 10.8 Å². The predicted molar refractivity (Wildman–Crippen MR) is 83.4 cm³/mol. The molecule has 8 heteroatoms. The number of halogens is 1. The van der Waals surface area contributed by atoms with Gasteiger partial charge in [0, 0.05) is 4.47 Å². The van der Waals surface area contributed by atoms with Gasteiger partial charge >= 0.3 is 5.97 Å². The SMILES string of the molecule is CCOC(=O)c1cc(C)c(N/N=C(\C#N)C(=N)N)c(Br)c1. The van der Waals surface area contributed by atoms with Gasteiger partial charge < -0.3 is 10.5 Å². The highest BCUT2D eigenvalue weighted by Crippen LogP contribution is 2.28. The van der Waals surface area contributed by atoms with Crippen molar-refractivity contribution < 1.29 is 9.53 Å². The van der Waals surface area contributed by atoms with Crippen LogP contribution >= 0.6 is 15.9 Å². The fourth-order valence-electron chi connectivity index (χ4n) is 1.48. The summed E-state index contributed by atoms with van der Waals surface area (Å²) in [6.45, 7) is 3.80. The summed E-state index contributed by atoms with van der Waals surface area (Å²) >= 11 is 3.32. The van der Waals surface area contributed by atoms with Crippen LogP contribution in [0.4, 0.5) is 5.69 Å². The molecule has 0 saturated carbocycles. The molecular weight excluding hydrogens is 338 g/mol. The van der Waals surface area contributed by atoms with Crippen LogP contribution in [0.3, 0.4) is 0 Å². The summed E-state index contributed by atoms with van der Waals surface area (Å²) in [7, 11) is 0. The Bertz CT molecular complexity index is 625. The van der Waals surface area contributed by atoms with E-state index in [0.29, 0.717) is 22.3 Å². The monoisotopic (exact) mass is 351 g/mol. The highest BCUT2D eigenvalue weighted by Gasteiger charge is 2.12. The van der Waals surface area contributed by atoms with E-state index >= 15 is 0 Å². The van der Waals surface area contributed by atoms with Crippen LogP contribution in [0.25, 0.3) is 0 Å². The first-order chi connectivity index (χ1) is 9.90. The molecule has 1 rings (SSSR count). The summed E-state index contributed by atoms with van der Waals surface area (Å²) in [5, 5.41) is 19.7. The molecule has 0 radical (unpaired) electrons. The van der Waals surface area contributed by atoms with Gasteiger partial charge in [-0.05, 0) is 47.5 Å². The highest BCUT2D eigenvalue weighted by molar-refractivity contribution is 9.10. The maximum absolute atomic E-state index is 11.7. The summed E-state index contributed by atoms with van der Waals surface area (Å²) in [5.74, 6) is -0.847. The number of hydrogen-bond acceptors (Lipinski definition) is 6. The number of nitrogens with zero attached hydrogens (tertiary/aromatic N) is 2. The van der Waals surface area contributed by atoms with E-state index in [2.05, 4.69) is 26.5 Å². The van der Waals surface area contributed by atoms with Crippen molar-refractivity contribution >= 4 is 39.1 Å². The topological polar surface area (TPSA) is 124 Å². The van der Waals surface area contributed by atoms with E-state index in [9.17, 15) is 4.79 Å². The van der Waals surface area contributed by atoms with E-state index in [4.69, 9.17) is 21.1 Å². The summed E-state index contributed by atoms with van der Waals surface area (Å²) in [6.07, 6.45) is 0. The first-order valence-corrected chi connectivity index (χ1v) is 6.75. The number of hydrazone groups is 1. The summed E-state index contributed by atoms with van der Waals surface area (Å²) in [4.78, 5) is 11.7. The molecule has 0 aliphatic carbocycles. The van der Waals surface area contributed by atoms with Crippen molar-refractivity contribution in [2.75, 3.05) is 12.0 Å². The molecule has 1 aromatic carbocycles. The number of aryl methyl sites for hydroxylation is 1. The van der Waals surface area contributed by atoms with Crippen LogP contribution in [0.15, 0.2) is 21.7 Å². The van der Waals surface area contributed by atoms with Crippen molar-refractivity contribution in [2.45, 2.75) is 13.8 Å². The summed E-state index contributed by atoms with van der Waals surface area (Å²) in [6, 6.07) is 4.93. The molecule has 0 fully saturated rings. The lowest BCUT2D eigenvalue weighted by Gasteiger charge is -2.10. The number of anilines is 1. The average Bonchev–Trinajstić information content (AvgIpc) is 2.41. The van der Waals surface area contributed by atoms with Gasteiger partial charge in [-0.3, -0.25) is 10.8 Å². The third-order valence-corrected chi connectivity index (χ3v) is 3.06. The lowest BCUT2D eigenvalue weighted by atomic mass is 10.1. The molecule has 0 heterocycles. The molecule has 21 heavy (non-hydrogen) atoms. The van der Waals surface area contributed by atoms with Crippen molar-refractivity contribution in [3.63, 3.8) is 0 Å². The number of ether oxygens (including phenoxy) is 1. The number of benzene rings is 1. The maximum Gasteiger partial charge on any atom is 0.338 e. The molecule has 0 unspecified atom stereocenters. The van der Waals surface area contributed by atoms with Gasteiger partial charge in [-0.2, -0.15) is 10.4 Å². The third kappa shape index (κ3) is 4.29. The molecule has 0 saturated heterocycles. The van der Waals surface area contributed by atoms with Crippen LogP contribution in [0.1, 0.15) is 22.8 Å². The number of nitrogens with one attached hydrogen (secondary N) is 2. The van der Waals surface area contributed by atoms with Gasteiger partial charge in [-0.15, -0.1) is 0 Å². The van der Waals surface area contributed by atoms with Gasteiger partial charge in [0.2, 0.25) is 5.71 Å². The minimum absolute atomic E-state index is 0.226. The standard InChI is InChI=1S/C13H14BrN5O2/c1-3-21-13(20)8-4-7(2)11(9(14)5-8)19-18-10(6-15)12(16)17/h4-5,19H,3H2,1-2H3,(H3,16,17)/b18-10+. The molecule has 0 atom stereocenters. The lowest BCUT2D eigenvalue weighted by molar-refractivity contribution is 0.0526. The van der Waals surface area contributed by atoms with E-state index in [1.54, 1.807) is 32.0 Å². The largest absolute Gasteiger partial charge is 0.462 e. The zero-order valence-electron chi connectivity index (χ0n) is 11.5. The molecular formula is C13H14BrN5O2. The zero-order chi connectivity index (χ0) is 16.0. The second-order valence-electron chi connectivity index (χ2n) is 3.97. The van der Waals surface area contributed by atoms with E-state index in [1.165, 1.54) is 0 Å². The average molecular weight is 352 g/mol. The second-order valence-corrected chi connectivity index (χ2v) is 4.82. The fourth-order valence-corrected chi connectivity index (χ4v) is 2.12. The van der Waals surface area contributed by atoms with Gasteiger partial charge in [-0.1, -0.05) is 0 Å². The van der Waals surface area contributed by atoms with Crippen LogP contribution in [-0.4, -0.2) is 24.1 Å². The van der Waals surface area contributed by atoms with Crippen molar-refractivity contribution in [1.82, 2.24) is 0 Å². The molecule has 0 aromatic heterocycles. The van der Waals surface area contributed by atoms with Crippen LogP contribution in [0.5, 0.6) is 0 Å². The second kappa shape index (κ2) is 7.40. The minimum atomic E-state index is -0.429. The Morgan fingerprint density at radius 1 is 1.62 bits per heavy atom. The first kappa shape index (κ1) is 16.7. The molecule has 0 aliphatic rings.